The number of aliphatic hydroxyl groups excluding tert-OH is 2. The largest absolute Gasteiger partial charge is 0.393 e. The van der Waals surface area contributed by atoms with Crippen molar-refractivity contribution in [2.24, 2.45) is 5.73 Å². The molecule has 1 aromatic carbocycles. The highest BCUT2D eigenvalue weighted by Crippen LogP contribution is 2.40. The quantitative estimate of drug-likeness (QED) is 0.479. The van der Waals surface area contributed by atoms with Crippen LogP contribution in [0.5, 0.6) is 0 Å². The summed E-state index contributed by atoms with van der Waals surface area (Å²) in [6, 6.07) is 11.6. The van der Waals surface area contributed by atoms with E-state index in [1.165, 1.54) is 11.3 Å². The molecule has 0 spiro atoms. The number of rotatable bonds is 6. The number of pyridine rings is 1. The lowest BCUT2D eigenvalue weighted by Crippen LogP contribution is -2.12. The van der Waals surface area contributed by atoms with E-state index in [1.807, 2.05) is 0 Å². The highest BCUT2D eigenvalue weighted by Gasteiger charge is 2.18. The molecule has 1 amide bonds. The number of aliphatic hydroxyl groups is 2. The number of hydrogen-bond donors (Lipinski definition) is 4. The van der Waals surface area contributed by atoms with Crippen LogP contribution in [0.15, 0.2) is 42.5 Å². The maximum Gasteiger partial charge on any atom is 0.251 e. The number of primary amides is 1. The monoisotopic (exact) mass is 423 g/mol. The van der Waals surface area contributed by atoms with Gasteiger partial charge in [0.1, 0.15) is 16.9 Å². The van der Waals surface area contributed by atoms with Gasteiger partial charge in [0.05, 0.1) is 17.9 Å². The molecule has 0 saturated heterocycles. The minimum atomic E-state index is -1.09. The summed E-state index contributed by atoms with van der Waals surface area (Å²) in [7, 11) is 0. The van der Waals surface area contributed by atoms with Crippen LogP contribution in [0.2, 0.25) is 10.0 Å². The van der Waals surface area contributed by atoms with Gasteiger partial charge in [0, 0.05) is 20.5 Å². The van der Waals surface area contributed by atoms with Crippen molar-refractivity contribution in [3.8, 4) is 10.4 Å². The first-order chi connectivity index (χ1) is 12.9. The number of hydrogen-bond acceptors (Lipinski definition) is 6. The van der Waals surface area contributed by atoms with Crippen molar-refractivity contribution in [3.05, 3.63) is 63.8 Å². The zero-order chi connectivity index (χ0) is 19.6. The molecule has 0 aliphatic carbocycles. The number of carbonyl (C=O) groups is 1. The van der Waals surface area contributed by atoms with E-state index in [1.54, 1.807) is 42.5 Å². The maximum atomic E-state index is 11.9. The van der Waals surface area contributed by atoms with Gasteiger partial charge in [-0.25, -0.2) is 4.98 Å². The molecule has 1 atom stereocenters. The Morgan fingerprint density at radius 1 is 1.26 bits per heavy atom. The summed E-state index contributed by atoms with van der Waals surface area (Å²) in [5.74, 6) is -0.210. The van der Waals surface area contributed by atoms with Gasteiger partial charge in [0.15, 0.2) is 0 Å². The summed E-state index contributed by atoms with van der Waals surface area (Å²) in [5, 5.41) is 23.3. The summed E-state index contributed by atoms with van der Waals surface area (Å²) >= 11 is 13.6. The molecule has 0 aliphatic rings. The Morgan fingerprint density at radius 3 is 2.74 bits per heavy atom. The third-order valence-corrected chi connectivity index (χ3v) is 5.37. The lowest BCUT2D eigenvalue weighted by atomic mass is 10.1. The predicted octanol–water partition coefficient (Wildman–Crippen LogP) is 3.99. The Bertz CT molecular complexity index is 994. The van der Waals surface area contributed by atoms with E-state index in [4.69, 9.17) is 34.0 Å². The van der Waals surface area contributed by atoms with Gasteiger partial charge in [-0.1, -0.05) is 29.3 Å². The minimum absolute atomic E-state index is 0.279. The standard InChI is InChI=1S/C18H15Cl2N3O3S/c19-9-4-5-12(20)10(6-9)15-7-11(17(21)26)18(27-15)23-16-3-1-2-13(22-16)14(25)8-24/h1-7,14,24-25H,8H2,(H2,21,26)(H,22,23). The maximum absolute atomic E-state index is 11.9. The first-order valence-corrected chi connectivity index (χ1v) is 9.38. The van der Waals surface area contributed by atoms with Crippen LogP contribution in [-0.2, 0) is 0 Å². The second-order valence-electron chi connectivity index (χ2n) is 5.61. The average Bonchev–Trinajstić information content (AvgIpc) is 3.07. The van der Waals surface area contributed by atoms with Gasteiger partial charge in [-0.05, 0) is 36.4 Å². The first kappa shape index (κ1) is 19.6. The van der Waals surface area contributed by atoms with Gasteiger partial charge in [0.25, 0.3) is 5.91 Å². The van der Waals surface area contributed by atoms with Crippen LogP contribution in [0.4, 0.5) is 10.8 Å². The fourth-order valence-corrected chi connectivity index (χ4v) is 3.95. The molecule has 140 valence electrons. The summed E-state index contributed by atoms with van der Waals surface area (Å²) < 4.78 is 0. The summed E-state index contributed by atoms with van der Waals surface area (Å²) in [5.41, 5.74) is 6.77. The third-order valence-electron chi connectivity index (χ3n) is 3.72. The summed E-state index contributed by atoms with van der Waals surface area (Å²) in [4.78, 5) is 16.8. The number of carbonyl (C=O) groups excluding carboxylic acids is 1. The van der Waals surface area contributed by atoms with Crippen LogP contribution >= 0.6 is 34.5 Å². The molecule has 3 rings (SSSR count). The van der Waals surface area contributed by atoms with Gasteiger partial charge in [-0.2, -0.15) is 0 Å². The molecule has 6 nitrogen and oxygen atoms in total. The van der Waals surface area contributed by atoms with Crippen molar-refractivity contribution >= 4 is 51.3 Å². The van der Waals surface area contributed by atoms with Gasteiger partial charge < -0.3 is 21.3 Å². The number of nitrogens with two attached hydrogens (primary N) is 1. The Balaban J connectivity index is 2.00. The van der Waals surface area contributed by atoms with E-state index in [-0.39, 0.29) is 5.56 Å². The van der Waals surface area contributed by atoms with Crippen molar-refractivity contribution < 1.29 is 15.0 Å². The number of halogens is 2. The van der Waals surface area contributed by atoms with E-state index < -0.39 is 18.6 Å². The van der Waals surface area contributed by atoms with Crippen LogP contribution < -0.4 is 11.1 Å². The normalized spacial score (nSPS) is 12.0. The van der Waals surface area contributed by atoms with Gasteiger partial charge in [-0.3, -0.25) is 4.79 Å². The molecule has 0 aliphatic heterocycles. The topological polar surface area (TPSA) is 108 Å². The summed E-state index contributed by atoms with van der Waals surface area (Å²) in [6.07, 6.45) is -1.09. The second-order valence-corrected chi connectivity index (χ2v) is 7.51. The van der Waals surface area contributed by atoms with Crippen LogP contribution in [0.3, 0.4) is 0 Å². The number of benzene rings is 1. The molecular formula is C18H15Cl2N3O3S. The average molecular weight is 424 g/mol. The van der Waals surface area contributed by atoms with Crippen LogP contribution in [0, 0.1) is 0 Å². The number of thiophene rings is 1. The molecule has 0 saturated carbocycles. The first-order valence-electron chi connectivity index (χ1n) is 7.81. The van der Waals surface area contributed by atoms with Crippen LogP contribution in [0.25, 0.3) is 10.4 Å². The molecular weight excluding hydrogens is 409 g/mol. The molecule has 2 aromatic heterocycles. The Hall–Kier alpha value is -2.16. The molecule has 3 aromatic rings. The van der Waals surface area contributed by atoms with E-state index in [2.05, 4.69) is 10.3 Å². The summed E-state index contributed by atoms with van der Waals surface area (Å²) in [6.45, 7) is -0.445. The van der Waals surface area contributed by atoms with Gasteiger partial charge in [-0.15, -0.1) is 11.3 Å². The fraction of sp³-hybridized carbons (Fsp3) is 0.111. The number of nitrogens with one attached hydrogen (secondary N) is 1. The van der Waals surface area contributed by atoms with E-state index >= 15 is 0 Å². The van der Waals surface area contributed by atoms with Crippen molar-refractivity contribution in [1.29, 1.82) is 0 Å². The van der Waals surface area contributed by atoms with Gasteiger partial charge in [0.2, 0.25) is 0 Å². The molecule has 2 heterocycles. The van der Waals surface area contributed by atoms with Crippen LogP contribution in [0.1, 0.15) is 22.2 Å². The molecule has 0 fully saturated rings. The zero-order valence-corrected chi connectivity index (χ0v) is 16.1. The van der Waals surface area contributed by atoms with E-state index in [9.17, 15) is 9.90 Å². The Labute approximate surface area is 169 Å². The minimum Gasteiger partial charge on any atom is -0.393 e. The lowest BCUT2D eigenvalue weighted by molar-refractivity contribution is 0.0924. The van der Waals surface area contributed by atoms with Crippen molar-refractivity contribution in [3.63, 3.8) is 0 Å². The number of nitrogens with zero attached hydrogens (tertiary/aromatic N) is 1. The van der Waals surface area contributed by atoms with Crippen LogP contribution in [-0.4, -0.2) is 27.7 Å². The molecule has 9 heteroatoms. The smallest absolute Gasteiger partial charge is 0.251 e. The van der Waals surface area contributed by atoms with E-state index in [0.29, 0.717) is 37.0 Å². The molecule has 0 radical (unpaired) electrons. The SMILES string of the molecule is NC(=O)c1cc(-c2cc(Cl)ccc2Cl)sc1Nc1cccc(C(O)CO)n1. The highest BCUT2D eigenvalue weighted by molar-refractivity contribution is 7.20. The third kappa shape index (κ3) is 4.40. The predicted molar refractivity (Wildman–Crippen MR) is 108 cm³/mol. The second kappa shape index (κ2) is 8.24. The lowest BCUT2D eigenvalue weighted by Gasteiger charge is -2.09. The molecule has 27 heavy (non-hydrogen) atoms. The fourth-order valence-electron chi connectivity index (χ4n) is 2.40. The number of amides is 1. The van der Waals surface area contributed by atoms with Crippen molar-refractivity contribution in [2.45, 2.75) is 6.10 Å². The molecule has 1 unspecified atom stereocenters. The zero-order valence-electron chi connectivity index (χ0n) is 13.8. The number of aromatic nitrogens is 1. The van der Waals surface area contributed by atoms with Crippen molar-refractivity contribution in [2.75, 3.05) is 11.9 Å². The molecule has 5 N–H and O–H groups in total. The van der Waals surface area contributed by atoms with Crippen molar-refractivity contribution in [1.82, 2.24) is 4.98 Å². The van der Waals surface area contributed by atoms with E-state index in [0.717, 1.165) is 0 Å². The number of anilines is 2. The highest BCUT2D eigenvalue weighted by atomic mass is 35.5. The Morgan fingerprint density at radius 2 is 2.04 bits per heavy atom. The van der Waals surface area contributed by atoms with Gasteiger partial charge >= 0.3 is 0 Å². The Kier molecular flexibility index (Phi) is 5.98. The molecule has 0 bridgehead atoms.